The van der Waals surface area contributed by atoms with Crippen LogP contribution in [-0.4, -0.2) is 13.7 Å². The second-order valence-electron chi connectivity index (χ2n) is 2.62. The SMILES string of the molecule is COc1cc(Cl)c(CCN)cc1Br. The highest BCUT2D eigenvalue weighted by Gasteiger charge is 2.06. The number of halogens is 2. The quantitative estimate of drug-likeness (QED) is 0.911. The lowest BCUT2D eigenvalue weighted by atomic mass is 10.1. The van der Waals surface area contributed by atoms with Crippen molar-refractivity contribution < 1.29 is 4.74 Å². The minimum atomic E-state index is 0.596. The van der Waals surface area contributed by atoms with Crippen LogP contribution >= 0.6 is 27.5 Å². The Morgan fingerprint density at radius 3 is 2.77 bits per heavy atom. The van der Waals surface area contributed by atoms with Crippen LogP contribution in [0.2, 0.25) is 5.02 Å². The molecule has 0 aromatic heterocycles. The van der Waals surface area contributed by atoms with E-state index in [4.69, 9.17) is 22.1 Å². The van der Waals surface area contributed by atoms with E-state index in [9.17, 15) is 0 Å². The Morgan fingerprint density at radius 2 is 2.23 bits per heavy atom. The van der Waals surface area contributed by atoms with Gasteiger partial charge >= 0.3 is 0 Å². The summed E-state index contributed by atoms with van der Waals surface area (Å²) in [5, 5.41) is 0.700. The van der Waals surface area contributed by atoms with Crippen LogP contribution in [0.5, 0.6) is 5.75 Å². The van der Waals surface area contributed by atoms with Crippen LogP contribution in [0.15, 0.2) is 16.6 Å². The van der Waals surface area contributed by atoms with Crippen LogP contribution in [0.3, 0.4) is 0 Å². The molecular formula is C9H11BrClNO. The molecule has 0 unspecified atom stereocenters. The van der Waals surface area contributed by atoms with E-state index >= 15 is 0 Å². The van der Waals surface area contributed by atoms with Gasteiger partial charge in [-0.05, 0) is 40.5 Å². The van der Waals surface area contributed by atoms with Gasteiger partial charge in [-0.25, -0.2) is 0 Å². The lowest BCUT2D eigenvalue weighted by Crippen LogP contribution is -2.03. The first-order valence-electron chi connectivity index (χ1n) is 3.91. The summed E-state index contributed by atoms with van der Waals surface area (Å²) in [7, 11) is 1.61. The molecule has 0 radical (unpaired) electrons. The molecule has 1 rings (SSSR count). The first-order chi connectivity index (χ1) is 6.19. The molecule has 0 spiro atoms. The molecule has 0 heterocycles. The first-order valence-corrected chi connectivity index (χ1v) is 5.08. The molecule has 0 aliphatic carbocycles. The molecule has 0 saturated carbocycles. The van der Waals surface area contributed by atoms with Crippen molar-refractivity contribution in [3.8, 4) is 5.75 Å². The van der Waals surface area contributed by atoms with Crippen molar-refractivity contribution in [2.75, 3.05) is 13.7 Å². The van der Waals surface area contributed by atoms with Crippen molar-refractivity contribution >= 4 is 27.5 Å². The van der Waals surface area contributed by atoms with Crippen molar-refractivity contribution in [2.24, 2.45) is 5.73 Å². The number of hydrogen-bond donors (Lipinski definition) is 1. The highest BCUT2D eigenvalue weighted by atomic mass is 79.9. The third-order valence-electron chi connectivity index (χ3n) is 1.73. The van der Waals surface area contributed by atoms with Gasteiger partial charge in [-0.1, -0.05) is 11.6 Å². The van der Waals surface area contributed by atoms with Crippen LogP contribution in [-0.2, 0) is 6.42 Å². The molecule has 0 atom stereocenters. The molecule has 13 heavy (non-hydrogen) atoms. The summed E-state index contributed by atoms with van der Waals surface area (Å²) in [6.45, 7) is 0.596. The van der Waals surface area contributed by atoms with Crippen LogP contribution in [0.4, 0.5) is 0 Å². The van der Waals surface area contributed by atoms with Crippen LogP contribution < -0.4 is 10.5 Å². The van der Waals surface area contributed by atoms with E-state index in [1.807, 2.05) is 6.07 Å². The maximum Gasteiger partial charge on any atom is 0.134 e. The van der Waals surface area contributed by atoms with Crippen molar-refractivity contribution in [3.63, 3.8) is 0 Å². The van der Waals surface area contributed by atoms with Crippen molar-refractivity contribution in [1.29, 1.82) is 0 Å². The zero-order chi connectivity index (χ0) is 9.84. The van der Waals surface area contributed by atoms with Crippen LogP contribution in [0.25, 0.3) is 0 Å². The first kappa shape index (κ1) is 10.8. The van der Waals surface area contributed by atoms with Gasteiger partial charge in [0.1, 0.15) is 5.75 Å². The Morgan fingerprint density at radius 1 is 1.54 bits per heavy atom. The average molecular weight is 265 g/mol. The minimum Gasteiger partial charge on any atom is -0.496 e. The predicted octanol–water partition coefficient (Wildman–Crippen LogP) is 2.61. The fourth-order valence-electron chi connectivity index (χ4n) is 1.07. The lowest BCUT2D eigenvalue weighted by Gasteiger charge is -2.07. The summed E-state index contributed by atoms with van der Waals surface area (Å²) in [4.78, 5) is 0. The van der Waals surface area contributed by atoms with E-state index in [0.717, 1.165) is 22.2 Å². The number of rotatable bonds is 3. The molecule has 0 fully saturated rings. The second kappa shape index (κ2) is 4.84. The molecule has 0 aliphatic rings. The smallest absolute Gasteiger partial charge is 0.134 e. The van der Waals surface area contributed by atoms with E-state index in [1.165, 1.54) is 0 Å². The molecule has 0 amide bonds. The van der Waals surface area contributed by atoms with Gasteiger partial charge in [0, 0.05) is 11.1 Å². The highest BCUT2D eigenvalue weighted by molar-refractivity contribution is 9.10. The lowest BCUT2D eigenvalue weighted by molar-refractivity contribution is 0.412. The van der Waals surface area contributed by atoms with E-state index in [-0.39, 0.29) is 0 Å². The van der Waals surface area contributed by atoms with Crippen molar-refractivity contribution in [3.05, 3.63) is 27.2 Å². The molecule has 4 heteroatoms. The Labute approximate surface area is 91.2 Å². The van der Waals surface area contributed by atoms with Crippen LogP contribution in [0.1, 0.15) is 5.56 Å². The monoisotopic (exact) mass is 263 g/mol. The standard InChI is InChI=1S/C9H11BrClNO/c1-13-9-5-8(11)6(2-3-12)4-7(9)10/h4-5H,2-3,12H2,1H3. The largest absolute Gasteiger partial charge is 0.496 e. The van der Waals surface area contributed by atoms with E-state index < -0.39 is 0 Å². The molecule has 2 nitrogen and oxygen atoms in total. The Hall–Kier alpha value is -0.250. The summed E-state index contributed by atoms with van der Waals surface area (Å²) in [5.41, 5.74) is 6.48. The molecule has 1 aromatic rings. The fraction of sp³-hybridized carbons (Fsp3) is 0.333. The third-order valence-corrected chi connectivity index (χ3v) is 2.71. The summed E-state index contributed by atoms with van der Waals surface area (Å²) >= 11 is 9.39. The average Bonchev–Trinajstić information content (AvgIpc) is 2.11. The van der Waals surface area contributed by atoms with Gasteiger partial charge in [-0.2, -0.15) is 0 Å². The maximum absolute atomic E-state index is 6.00. The Bertz CT molecular complexity index is 304. The van der Waals surface area contributed by atoms with Gasteiger partial charge in [0.25, 0.3) is 0 Å². The molecule has 0 aliphatic heterocycles. The summed E-state index contributed by atoms with van der Waals surface area (Å²) < 4.78 is 6.00. The predicted molar refractivity (Wildman–Crippen MR) is 58.5 cm³/mol. The molecule has 0 bridgehead atoms. The Balaban J connectivity index is 3.05. The topological polar surface area (TPSA) is 35.2 Å². The van der Waals surface area contributed by atoms with Gasteiger partial charge in [-0.3, -0.25) is 0 Å². The second-order valence-corrected chi connectivity index (χ2v) is 3.88. The van der Waals surface area contributed by atoms with Gasteiger partial charge < -0.3 is 10.5 Å². The van der Waals surface area contributed by atoms with Gasteiger partial charge in [-0.15, -0.1) is 0 Å². The van der Waals surface area contributed by atoms with Crippen LogP contribution in [0, 0.1) is 0 Å². The summed E-state index contributed by atoms with van der Waals surface area (Å²) in [6, 6.07) is 3.73. The third kappa shape index (κ3) is 2.59. The van der Waals surface area contributed by atoms with Crippen molar-refractivity contribution in [2.45, 2.75) is 6.42 Å². The fourth-order valence-corrected chi connectivity index (χ4v) is 1.87. The molecule has 0 saturated heterocycles. The summed E-state index contributed by atoms with van der Waals surface area (Å²) in [5.74, 6) is 0.741. The highest BCUT2D eigenvalue weighted by Crippen LogP contribution is 2.31. The molecule has 2 N–H and O–H groups in total. The number of hydrogen-bond acceptors (Lipinski definition) is 2. The van der Waals surface area contributed by atoms with Gasteiger partial charge in [0.15, 0.2) is 0 Å². The normalized spacial score (nSPS) is 10.2. The Kier molecular flexibility index (Phi) is 4.03. The van der Waals surface area contributed by atoms with E-state index in [1.54, 1.807) is 13.2 Å². The molecule has 72 valence electrons. The summed E-state index contributed by atoms with van der Waals surface area (Å²) in [6.07, 6.45) is 0.779. The number of ether oxygens (including phenoxy) is 1. The zero-order valence-electron chi connectivity index (χ0n) is 7.31. The van der Waals surface area contributed by atoms with E-state index in [2.05, 4.69) is 15.9 Å². The number of nitrogens with two attached hydrogens (primary N) is 1. The number of benzene rings is 1. The molecule has 1 aromatic carbocycles. The zero-order valence-corrected chi connectivity index (χ0v) is 9.65. The van der Waals surface area contributed by atoms with Crippen molar-refractivity contribution in [1.82, 2.24) is 0 Å². The maximum atomic E-state index is 6.00. The van der Waals surface area contributed by atoms with Gasteiger partial charge in [0.2, 0.25) is 0 Å². The van der Waals surface area contributed by atoms with Gasteiger partial charge in [0.05, 0.1) is 11.6 Å². The molecular weight excluding hydrogens is 253 g/mol. The minimum absolute atomic E-state index is 0.596. The van der Waals surface area contributed by atoms with E-state index in [0.29, 0.717) is 11.6 Å². The number of methoxy groups -OCH3 is 1.